The van der Waals surface area contributed by atoms with E-state index < -0.39 is 5.60 Å². The van der Waals surface area contributed by atoms with Crippen molar-refractivity contribution in [1.82, 2.24) is 4.90 Å². The number of hydrogen-bond donors (Lipinski definition) is 0. The van der Waals surface area contributed by atoms with E-state index in [4.69, 9.17) is 4.74 Å². The summed E-state index contributed by atoms with van der Waals surface area (Å²) < 4.78 is 5.32. The molecular formula is C14H25NO3. The van der Waals surface area contributed by atoms with Gasteiger partial charge in [0.25, 0.3) is 0 Å². The van der Waals surface area contributed by atoms with Crippen molar-refractivity contribution < 1.29 is 14.3 Å². The Bertz CT molecular complexity index is 277. The van der Waals surface area contributed by atoms with Crippen LogP contribution in [0.15, 0.2) is 0 Å². The van der Waals surface area contributed by atoms with Crippen LogP contribution in [0, 0.1) is 5.92 Å². The molecule has 0 unspecified atom stereocenters. The third-order valence-corrected chi connectivity index (χ3v) is 3.15. The minimum absolute atomic E-state index is 0.130. The standard InChI is InChI=1S/C14H25NO3/c1-14(2,3)18-13(17)15(9-10-16)11-12-7-5-4-6-8-12/h10,12H,4-9,11H2,1-3H3. The molecule has 0 N–H and O–H groups in total. The van der Waals surface area contributed by atoms with Crippen LogP contribution in [0.1, 0.15) is 52.9 Å². The number of nitrogens with zero attached hydrogens (tertiary/aromatic N) is 1. The van der Waals surface area contributed by atoms with Crippen molar-refractivity contribution >= 4 is 12.4 Å². The van der Waals surface area contributed by atoms with Crippen molar-refractivity contribution in [1.29, 1.82) is 0 Å². The monoisotopic (exact) mass is 255 g/mol. The lowest BCUT2D eigenvalue weighted by atomic mass is 9.89. The number of carbonyl (C=O) groups is 2. The van der Waals surface area contributed by atoms with E-state index in [1.807, 2.05) is 20.8 Å². The van der Waals surface area contributed by atoms with Gasteiger partial charge in [0, 0.05) is 6.54 Å². The second kappa shape index (κ2) is 6.76. The van der Waals surface area contributed by atoms with E-state index in [-0.39, 0.29) is 12.6 Å². The summed E-state index contributed by atoms with van der Waals surface area (Å²) in [5, 5.41) is 0. The first-order valence-corrected chi connectivity index (χ1v) is 6.84. The first-order valence-electron chi connectivity index (χ1n) is 6.84. The van der Waals surface area contributed by atoms with E-state index in [2.05, 4.69) is 0 Å². The minimum Gasteiger partial charge on any atom is -0.444 e. The molecule has 0 aromatic heterocycles. The maximum atomic E-state index is 12.0. The Morgan fingerprint density at radius 3 is 2.39 bits per heavy atom. The average molecular weight is 255 g/mol. The molecular weight excluding hydrogens is 230 g/mol. The zero-order chi connectivity index (χ0) is 13.6. The summed E-state index contributed by atoms with van der Waals surface area (Å²) in [7, 11) is 0. The van der Waals surface area contributed by atoms with E-state index in [1.165, 1.54) is 24.2 Å². The van der Waals surface area contributed by atoms with Gasteiger partial charge >= 0.3 is 6.09 Å². The number of hydrogen-bond acceptors (Lipinski definition) is 3. The molecule has 0 bridgehead atoms. The van der Waals surface area contributed by atoms with E-state index in [0.29, 0.717) is 12.5 Å². The largest absolute Gasteiger partial charge is 0.444 e. The quantitative estimate of drug-likeness (QED) is 0.725. The predicted octanol–water partition coefficient (Wildman–Crippen LogP) is 3.00. The fourth-order valence-corrected chi connectivity index (χ4v) is 2.32. The molecule has 0 aromatic carbocycles. The average Bonchev–Trinajstić information content (AvgIpc) is 2.27. The van der Waals surface area contributed by atoms with Gasteiger partial charge < -0.3 is 14.4 Å². The van der Waals surface area contributed by atoms with Gasteiger partial charge in [0.15, 0.2) is 0 Å². The predicted molar refractivity (Wildman–Crippen MR) is 70.4 cm³/mol. The van der Waals surface area contributed by atoms with E-state index in [0.717, 1.165) is 19.1 Å². The molecule has 18 heavy (non-hydrogen) atoms. The Labute approximate surface area is 110 Å². The van der Waals surface area contributed by atoms with Crippen LogP contribution < -0.4 is 0 Å². The summed E-state index contributed by atoms with van der Waals surface area (Å²) >= 11 is 0. The van der Waals surface area contributed by atoms with Crippen molar-refractivity contribution in [3.8, 4) is 0 Å². The molecule has 104 valence electrons. The molecule has 0 heterocycles. The maximum absolute atomic E-state index is 12.0. The lowest BCUT2D eigenvalue weighted by Gasteiger charge is -2.30. The molecule has 0 aromatic rings. The van der Waals surface area contributed by atoms with Gasteiger partial charge in [-0.15, -0.1) is 0 Å². The molecule has 0 aliphatic heterocycles. The Morgan fingerprint density at radius 1 is 1.28 bits per heavy atom. The van der Waals surface area contributed by atoms with Gasteiger partial charge in [0.1, 0.15) is 11.9 Å². The highest BCUT2D eigenvalue weighted by atomic mass is 16.6. The molecule has 0 atom stereocenters. The number of carbonyl (C=O) groups excluding carboxylic acids is 2. The third-order valence-electron chi connectivity index (χ3n) is 3.15. The first-order chi connectivity index (χ1) is 8.42. The highest BCUT2D eigenvalue weighted by Crippen LogP contribution is 2.24. The fraction of sp³-hybridized carbons (Fsp3) is 0.857. The summed E-state index contributed by atoms with van der Waals surface area (Å²) in [6.45, 7) is 6.29. The second-order valence-corrected chi connectivity index (χ2v) is 6.06. The fourth-order valence-electron chi connectivity index (χ4n) is 2.32. The van der Waals surface area contributed by atoms with Crippen LogP contribution in [-0.2, 0) is 9.53 Å². The van der Waals surface area contributed by atoms with Crippen LogP contribution in [0.5, 0.6) is 0 Å². The molecule has 0 radical (unpaired) electrons. The molecule has 0 spiro atoms. The van der Waals surface area contributed by atoms with Crippen LogP contribution in [0.2, 0.25) is 0 Å². The zero-order valence-corrected chi connectivity index (χ0v) is 11.8. The van der Waals surface area contributed by atoms with Crippen molar-refractivity contribution in [2.75, 3.05) is 13.1 Å². The van der Waals surface area contributed by atoms with Crippen LogP contribution in [-0.4, -0.2) is 36.0 Å². The highest BCUT2D eigenvalue weighted by Gasteiger charge is 2.25. The topological polar surface area (TPSA) is 46.6 Å². The SMILES string of the molecule is CC(C)(C)OC(=O)N(CC=O)CC1CCCCC1. The van der Waals surface area contributed by atoms with Gasteiger partial charge in [-0.1, -0.05) is 19.3 Å². The van der Waals surface area contributed by atoms with Crippen LogP contribution in [0.25, 0.3) is 0 Å². The molecule has 1 saturated carbocycles. The Balaban J connectivity index is 2.52. The number of ether oxygens (including phenoxy) is 1. The second-order valence-electron chi connectivity index (χ2n) is 6.06. The van der Waals surface area contributed by atoms with Crippen LogP contribution in [0.4, 0.5) is 4.79 Å². The molecule has 4 nitrogen and oxygen atoms in total. The lowest BCUT2D eigenvalue weighted by molar-refractivity contribution is -0.109. The summed E-state index contributed by atoms with van der Waals surface area (Å²) in [6, 6.07) is 0. The molecule has 1 rings (SSSR count). The smallest absolute Gasteiger partial charge is 0.410 e. The number of amides is 1. The summed E-state index contributed by atoms with van der Waals surface area (Å²) in [6.07, 6.45) is 6.45. The molecule has 1 aliphatic carbocycles. The Kier molecular flexibility index (Phi) is 5.63. The Hall–Kier alpha value is -1.06. The van der Waals surface area contributed by atoms with Crippen molar-refractivity contribution in [2.24, 2.45) is 5.92 Å². The van der Waals surface area contributed by atoms with Crippen molar-refractivity contribution in [3.05, 3.63) is 0 Å². The normalized spacial score (nSPS) is 17.3. The van der Waals surface area contributed by atoms with Crippen molar-refractivity contribution in [3.63, 3.8) is 0 Å². The van der Waals surface area contributed by atoms with E-state index in [9.17, 15) is 9.59 Å². The summed E-state index contributed by atoms with van der Waals surface area (Å²) in [5.74, 6) is 0.520. The van der Waals surface area contributed by atoms with Gasteiger partial charge in [-0.3, -0.25) is 0 Å². The third kappa shape index (κ3) is 5.52. The molecule has 1 aliphatic rings. The first kappa shape index (κ1) is 15.0. The Morgan fingerprint density at radius 2 is 1.89 bits per heavy atom. The van der Waals surface area contributed by atoms with Crippen LogP contribution >= 0.6 is 0 Å². The van der Waals surface area contributed by atoms with Gasteiger partial charge in [-0.2, -0.15) is 0 Å². The molecule has 1 fully saturated rings. The van der Waals surface area contributed by atoms with Gasteiger partial charge in [0.05, 0.1) is 6.54 Å². The minimum atomic E-state index is -0.509. The van der Waals surface area contributed by atoms with E-state index in [1.54, 1.807) is 0 Å². The maximum Gasteiger partial charge on any atom is 0.410 e. The molecule has 1 amide bonds. The number of rotatable bonds is 4. The molecule has 0 saturated heterocycles. The van der Waals surface area contributed by atoms with Gasteiger partial charge in [-0.25, -0.2) is 4.79 Å². The zero-order valence-electron chi connectivity index (χ0n) is 11.8. The van der Waals surface area contributed by atoms with Gasteiger partial charge in [0.2, 0.25) is 0 Å². The van der Waals surface area contributed by atoms with Gasteiger partial charge in [-0.05, 0) is 39.5 Å². The summed E-state index contributed by atoms with van der Waals surface area (Å²) in [5.41, 5.74) is -0.509. The van der Waals surface area contributed by atoms with Crippen molar-refractivity contribution in [2.45, 2.75) is 58.5 Å². The molecule has 4 heteroatoms. The number of aldehydes is 1. The van der Waals surface area contributed by atoms with E-state index >= 15 is 0 Å². The summed E-state index contributed by atoms with van der Waals surface area (Å²) in [4.78, 5) is 24.2. The van der Waals surface area contributed by atoms with Crippen LogP contribution in [0.3, 0.4) is 0 Å². The highest BCUT2D eigenvalue weighted by molar-refractivity contribution is 5.71. The lowest BCUT2D eigenvalue weighted by Crippen LogP contribution is -2.40.